The minimum Gasteiger partial charge on any atom is -0.494 e. The van der Waals surface area contributed by atoms with E-state index in [0.717, 1.165) is 17.4 Å². The highest BCUT2D eigenvalue weighted by molar-refractivity contribution is 6.01. The maximum absolute atomic E-state index is 12.4. The molecular formula is C16H20N2O4. The van der Waals surface area contributed by atoms with E-state index in [0.29, 0.717) is 6.61 Å². The summed E-state index contributed by atoms with van der Waals surface area (Å²) < 4.78 is 6.57. The van der Waals surface area contributed by atoms with Crippen LogP contribution in [0.25, 0.3) is 0 Å². The molecule has 0 radical (unpaired) electrons. The number of carbonyl (C=O) groups excluding carboxylic acids is 1. The van der Waals surface area contributed by atoms with Gasteiger partial charge in [0.05, 0.1) is 18.2 Å². The van der Waals surface area contributed by atoms with Crippen molar-refractivity contribution in [3.63, 3.8) is 0 Å². The number of hydrogen-bond acceptors (Lipinski definition) is 5. The lowest BCUT2D eigenvalue weighted by Crippen LogP contribution is -2.31. The highest BCUT2D eigenvalue weighted by atomic mass is 16.5. The Balaban J connectivity index is 2.62. The molecule has 1 aromatic rings. The van der Waals surface area contributed by atoms with Crippen LogP contribution >= 0.6 is 0 Å². The summed E-state index contributed by atoms with van der Waals surface area (Å²) in [7, 11) is 0. The first kappa shape index (κ1) is 16.2. The molecule has 1 aliphatic heterocycles. The number of nitrogens with zero attached hydrogens (tertiary/aromatic N) is 2. The highest BCUT2D eigenvalue weighted by Crippen LogP contribution is 2.26. The molecule has 22 heavy (non-hydrogen) atoms. The van der Waals surface area contributed by atoms with Gasteiger partial charge in [-0.2, -0.15) is 5.26 Å². The van der Waals surface area contributed by atoms with Gasteiger partial charge in [0.25, 0.3) is 5.56 Å². The SMILES string of the molecule is Cc1c(C(=O)C(C)C)c(O)n(CC2CCCO2)c(=O)c1C#N. The van der Waals surface area contributed by atoms with Gasteiger partial charge in [0.1, 0.15) is 11.6 Å². The summed E-state index contributed by atoms with van der Waals surface area (Å²) in [5.41, 5.74) is -0.371. The molecule has 1 N–H and O–H groups in total. The smallest absolute Gasteiger partial charge is 0.271 e. The van der Waals surface area contributed by atoms with Crippen molar-refractivity contribution in [2.75, 3.05) is 6.61 Å². The molecule has 0 aliphatic carbocycles. The molecule has 6 nitrogen and oxygen atoms in total. The topological polar surface area (TPSA) is 92.3 Å². The number of ketones is 1. The van der Waals surface area contributed by atoms with Gasteiger partial charge in [0, 0.05) is 12.5 Å². The minimum atomic E-state index is -0.576. The fourth-order valence-electron chi connectivity index (χ4n) is 2.70. The number of pyridine rings is 1. The van der Waals surface area contributed by atoms with Gasteiger partial charge < -0.3 is 9.84 Å². The van der Waals surface area contributed by atoms with E-state index in [1.165, 1.54) is 6.92 Å². The molecule has 1 aliphatic rings. The van der Waals surface area contributed by atoms with Gasteiger partial charge in [-0.1, -0.05) is 13.8 Å². The second kappa shape index (κ2) is 6.32. The summed E-state index contributed by atoms with van der Waals surface area (Å²) >= 11 is 0. The largest absolute Gasteiger partial charge is 0.494 e. The standard InChI is InChI=1S/C16H20N2O4/c1-9(2)14(19)13-10(3)12(7-17)15(20)18(16(13)21)8-11-5-4-6-22-11/h9,11,21H,4-6,8H2,1-3H3. The Morgan fingerprint density at radius 1 is 1.55 bits per heavy atom. The van der Waals surface area contributed by atoms with Crippen LogP contribution in [0.2, 0.25) is 0 Å². The van der Waals surface area contributed by atoms with Crippen LogP contribution in [-0.2, 0) is 11.3 Å². The van der Waals surface area contributed by atoms with Crippen molar-refractivity contribution in [2.24, 2.45) is 5.92 Å². The normalized spacial score (nSPS) is 17.7. The van der Waals surface area contributed by atoms with Crippen LogP contribution in [0.15, 0.2) is 4.79 Å². The van der Waals surface area contributed by atoms with Gasteiger partial charge in [0.15, 0.2) is 5.78 Å². The van der Waals surface area contributed by atoms with E-state index >= 15 is 0 Å². The van der Waals surface area contributed by atoms with E-state index in [1.54, 1.807) is 13.8 Å². The van der Waals surface area contributed by atoms with Gasteiger partial charge in [0.2, 0.25) is 5.88 Å². The fraction of sp³-hybridized carbons (Fsp3) is 0.562. The lowest BCUT2D eigenvalue weighted by Gasteiger charge is -2.18. The Kier molecular flexibility index (Phi) is 4.67. The van der Waals surface area contributed by atoms with E-state index in [2.05, 4.69) is 0 Å². The third-order valence-electron chi connectivity index (χ3n) is 3.98. The molecule has 2 rings (SSSR count). The number of hydrogen-bond donors (Lipinski definition) is 1. The summed E-state index contributed by atoms with van der Waals surface area (Å²) in [6.45, 7) is 5.71. The van der Waals surface area contributed by atoms with Crippen molar-refractivity contribution < 1.29 is 14.6 Å². The predicted molar refractivity (Wildman–Crippen MR) is 80.0 cm³/mol. The summed E-state index contributed by atoms with van der Waals surface area (Å²) in [6, 6.07) is 1.85. The van der Waals surface area contributed by atoms with E-state index in [9.17, 15) is 20.0 Å². The van der Waals surface area contributed by atoms with Gasteiger partial charge in [-0.05, 0) is 25.3 Å². The zero-order valence-corrected chi connectivity index (χ0v) is 13.0. The van der Waals surface area contributed by atoms with Gasteiger partial charge in [-0.3, -0.25) is 14.2 Å². The molecule has 0 aromatic carbocycles. The molecule has 0 saturated carbocycles. The third-order valence-corrected chi connectivity index (χ3v) is 3.98. The average Bonchev–Trinajstić information content (AvgIpc) is 2.97. The number of rotatable bonds is 4. The van der Waals surface area contributed by atoms with Crippen LogP contribution in [0.1, 0.15) is 48.2 Å². The first-order chi connectivity index (χ1) is 10.4. The summed E-state index contributed by atoms with van der Waals surface area (Å²) in [5, 5.41) is 19.7. The molecule has 1 atom stereocenters. The molecule has 1 saturated heterocycles. The molecule has 1 aromatic heterocycles. The molecular weight excluding hydrogens is 284 g/mol. The number of aromatic nitrogens is 1. The van der Waals surface area contributed by atoms with E-state index < -0.39 is 5.56 Å². The number of nitriles is 1. The molecule has 2 heterocycles. The monoisotopic (exact) mass is 304 g/mol. The molecule has 118 valence electrons. The zero-order valence-electron chi connectivity index (χ0n) is 13.0. The van der Waals surface area contributed by atoms with Crippen LogP contribution in [0.5, 0.6) is 5.88 Å². The number of Topliss-reactive ketones (excluding diaryl/α,β-unsaturated/α-hetero) is 1. The van der Waals surface area contributed by atoms with Gasteiger partial charge >= 0.3 is 0 Å². The Morgan fingerprint density at radius 3 is 2.73 bits per heavy atom. The van der Waals surface area contributed by atoms with Crippen LogP contribution in [0, 0.1) is 24.2 Å². The maximum atomic E-state index is 12.4. The Hall–Kier alpha value is -2.13. The lowest BCUT2D eigenvalue weighted by molar-refractivity contribution is 0.0904. The van der Waals surface area contributed by atoms with E-state index in [4.69, 9.17) is 4.74 Å². The average molecular weight is 304 g/mol. The first-order valence-electron chi connectivity index (χ1n) is 7.40. The summed E-state index contributed by atoms with van der Waals surface area (Å²) in [6.07, 6.45) is 1.50. The van der Waals surface area contributed by atoms with E-state index in [1.807, 2.05) is 6.07 Å². The molecule has 0 amide bonds. The Labute approximate surface area is 128 Å². The molecule has 0 spiro atoms. The van der Waals surface area contributed by atoms with Crippen LogP contribution in [0.3, 0.4) is 0 Å². The predicted octanol–water partition coefficient (Wildman–Crippen LogP) is 1.75. The number of carbonyl (C=O) groups is 1. The van der Waals surface area contributed by atoms with Crippen molar-refractivity contribution in [3.8, 4) is 11.9 Å². The van der Waals surface area contributed by atoms with E-state index in [-0.39, 0.29) is 46.9 Å². The molecule has 1 fully saturated rings. The van der Waals surface area contributed by atoms with Crippen molar-refractivity contribution in [1.29, 1.82) is 5.26 Å². The zero-order chi connectivity index (χ0) is 16.4. The molecule has 1 unspecified atom stereocenters. The van der Waals surface area contributed by atoms with Crippen LogP contribution in [0.4, 0.5) is 0 Å². The summed E-state index contributed by atoms with van der Waals surface area (Å²) in [4.78, 5) is 24.7. The van der Waals surface area contributed by atoms with Gasteiger partial charge in [-0.15, -0.1) is 0 Å². The molecule has 6 heteroatoms. The number of ether oxygens (including phenoxy) is 1. The van der Waals surface area contributed by atoms with Crippen molar-refractivity contribution in [2.45, 2.75) is 46.3 Å². The maximum Gasteiger partial charge on any atom is 0.271 e. The lowest BCUT2D eigenvalue weighted by atomic mass is 9.95. The fourth-order valence-corrected chi connectivity index (χ4v) is 2.70. The van der Waals surface area contributed by atoms with Crippen LogP contribution < -0.4 is 5.56 Å². The van der Waals surface area contributed by atoms with Gasteiger partial charge in [-0.25, -0.2) is 0 Å². The number of aromatic hydroxyl groups is 1. The second-order valence-corrected chi connectivity index (χ2v) is 5.88. The Morgan fingerprint density at radius 2 is 2.23 bits per heavy atom. The van der Waals surface area contributed by atoms with Crippen LogP contribution in [-0.4, -0.2) is 28.2 Å². The molecule has 0 bridgehead atoms. The van der Waals surface area contributed by atoms with Crippen molar-refractivity contribution >= 4 is 5.78 Å². The van der Waals surface area contributed by atoms with Crippen molar-refractivity contribution in [1.82, 2.24) is 4.57 Å². The quantitative estimate of drug-likeness (QED) is 0.855. The first-order valence-corrected chi connectivity index (χ1v) is 7.40. The van der Waals surface area contributed by atoms with Crippen molar-refractivity contribution in [3.05, 3.63) is 27.0 Å². The highest BCUT2D eigenvalue weighted by Gasteiger charge is 2.27. The minimum absolute atomic E-state index is 0.0594. The summed E-state index contributed by atoms with van der Waals surface area (Å²) in [5.74, 6) is -0.992. The second-order valence-electron chi connectivity index (χ2n) is 5.88. The Bertz CT molecular complexity index is 692. The third kappa shape index (κ3) is 2.77.